The van der Waals surface area contributed by atoms with E-state index in [1.807, 2.05) is 4.98 Å². The molecule has 7 nitrogen and oxygen atoms in total. The van der Waals surface area contributed by atoms with Crippen LogP contribution in [0, 0.1) is 5.92 Å². The van der Waals surface area contributed by atoms with Crippen LogP contribution < -0.4 is 11.2 Å². The van der Waals surface area contributed by atoms with Crippen LogP contribution in [0.2, 0.25) is 0 Å². The maximum absolute atomic E-state index is 11.2. The molecule has 1 aromatic rings. The predicted octanol–water partition coefficient (Wildman–Crippen LogP) is -0.641. The van der Waals surface area contributed by atoms with Crippen molar-refractivity contribution in [1.29, 1.82) is 0 Å². The van der Waals surface area contributed by atoms with Gasteiger partial charge in [-0.2, -0.15) is 5.10 Å². The van der Waals surface area contributed by atoms with Crippen LogP contribution in [0.1, 0.15) is 6.92 Å². The molecule has 0 aromatic carbocycles. The number of thioether (sulfide) groups is 1. The van der Waals surface area contributed by atoms with Crippen molar-refractivity contribution in [2.75, 3.05) is 12.9 Å². The van der Waals surface area contributed by atoms with Crippen molar-refractivity contribution in [2.24, 2.45) is 5.92 Å². The standard InChI is InChI=1S/C8H11N3O4S/c1-4(7(13)15-2)3-16-6-5(12)9-8(14)11-10-6/h4H,3H2,1-2H3,(H2,9,11,12,14). The molecule has 0 amide bonds. The Bertz CT molecular complexity index is 481. The van der Waals surface area contributed by atoms with Gasteiger partial charge in [0.15, 0.2) is 5.03 Å². The van der Waals surface area contributed by atoms with Gasteiger partial charge in [0.1, 0.15) is 0 Å². The topological polar surface area (TPSA) is 105 Å². The number of aromatic amines is 2. The third kappa shape index (κ3) is 3.23. The van der Waals surface area contributed by atoms with Crippen LogP contribution in [0.25, 0.3) is 0 Å². The van der Waals surface area contributed by atoms with Gasteiger partial charge in [-0.25, -0.2) is 9.89 Å². The quantitative estimate of drug-likeness (QED) is 0.540. The van der Waals surface area contributed by atoms with E-state index in [4.69, 9.17) is 0 Å². The van der Waals surface area contributed by atoms with Crippen molar-refractivity contribution < 1.29 is 9.53 Å². The summed E-state index contributed by atoms with van der Waals surface area (Å²) in [4.78, 5) is 35.0. The van der Waals surface area contributed by atoms with Gasteiger partial charge in [-0.05, 0) is 0 Å². The highest BCUT2D eigenvalue weighted by molar-refractivity contribution is 7.99. The van der Waals surface area contributed by atoms with Gasteiger partial charge in [0.05, 0.1) is 13.0 Å². The normalized spacial score (nSPS) is 12.1. The second-order valence-corrected chi connectivity index (χ2v) is 4.06. The number of H-pyrrole nitrogens is 2. The zero-order chi connectivity index (χ0) is 12.1. The fraction of sp³-hybridized carbons (Fsp3) is 0.500. The summed E-state index contributed by atoms with van der Waals surface area (Å²) in [6, 6.07) is 0. The minimum atomic E-state index is -0.657. The second kappa shape index (κ2) is 5.50. The Morgan fingerprint density at radius 2 is 2.25 bits per heavy atom. The maximum Gasteiger partial charge on any atom is 0.342 e. The maximum atomic E-state index is 11.2. The minimum Gasteiger partial charge on any atom is -0.469 e. The molecule has 0 saturated heterocycles. The van der Waals surface area contributed by atoms with Crippen molar-refractivity contribution in [2.45, 2.75) is 11.9 Å². The van der Waals surface area contributed by atoms with E-state index in [0.717, 1.165) is 11.8 Å². The zero-order valence-electron chi connectivity index (χ0n) is 8.77. The van der Waals surface area contributed by atoms with Crippen LogP contribution in [-0.4, -0.2) is 34.0 Å². The number of carbonyl (C=O) groups excluding carboxylic acids is 1. The predicted molar refractivity (Wildman–Crippen MR) is 57.4 cm³/mol. The first-order chi connectivity index (χ1) is 7.54. The van der Waals surface area contributed by atoms with Crippen LogP contribution in [0.3, 0.4) is 0 Å². The van der Waals surface area contributed by atoms with Gasteiger partial charge in [-0.1, -0.05) is 18.7 Å². The van der Waals surface area contributed by atoms with E-state index in [-0.39, 0.29) is 16.9 Å². The largest absolute Gasteiger partial charge is 0.469 e. The molecule has 0 spiro atoms. The molecule has 1 aromatic heterocycles. The zero-order valence-corrected chi connectivity index (χ0v) is 9.59. The van der Waals surface area contributed by atoms with Crippen molar-refractivity contribution in [3.8, 4) is 0 Å². The summed E-state index contributed by atoms with van der Waals surface area (Å²) < 4.78 is 4.53. The molecule has 16 heavy (non-hydrogen) atoms. The van der Waals surface area contributed by atoms with E-state index in [2.05, 4.69) is 14.9 Å². The Morgan fingerprint density at radius 1 is 1.56 bits per heavy atom. The molecule has 0 aliphatic heterocycles. The molecule has 0 aliphatic carbocycles. The molecule has 1 rings (SSSR count). The fourth-order valence-electron chi connectivity index (χ4n) is 0.908. The van der Waals surface area contributed by atoms with Crippen molar-refractivity contribution in [3.63, 3.8) is 0 Å². The summed E-state index contributed by atoms with van der Waals surface area (Å²) in [5.74, 6) is -0.342. The van der Waals surface area contributed by atoms with E-state index in [1.165, 1.54) is 7.11 Å². The molecular weight excluding hydrogens is 234 g/mol. The monoisotopic (exact) mass is 245 g/mol. The highest BCUT2D eigenvalue weighted by Gasteiger charge is 2.14. The third-order valence-corrected chi connectivity index (χ3v) is 2.97. The highest BCUT2D eigenvalue weighted by atomic mass is 32.2. The summed E-state index contributed by atoms with van der Waals surface area (Å²) in [5, 5.41) is 5.79. The average Bonchev–Trinajstić information content (AvgIpc) is 2.26. The molecule has 88 valence electrons. The van der Waals surface area contributed by atoms with Gasteiger partial charge in [0, 0.05) is 5.75 Å². The molecule has 0 bridgehead atoms. The molecule has 2 N–H and O–H groups in total. The lowest BCUT2D eigenvalue weighted by Gasteiger charge is -2.06. The summed E-state index contributed by atoms with van der Waals surface area (Å²) in [6.07, 6.45) is 0. The van der Waals surface area contributed by atoms with E-state index in [1.54, 1.807) is 6.92 Å². The van der Waals surface area contributed by atoms with Gasteiger partial charge in [-0.15, -0.1) is 0 Å². The molecule has 1 atom stereocenters. The SMILES string of the molecule is COC(=O)C(C)CSc1n[nH]c(=O)[nH]c1=O. The van der Waals surface area contributed by atoms with E-state index in [9.17, 15) is 14.4 Å². The van der Waals surface area contributed by atoms with Crippen LogP contribution in [0.4, 0.5) is 0 Å². The number of aromatic nitrogens is 3. The Kier molecular flexibility index (Phi) is 4.29. The number of methoxy groups -OCH3 is 1. The second-order valence-electron chi connectivity index (χ2n) is 3.05. The summed E-state index contributed by atoms with van der Waals surface area (Å²) >= 11 is 1.08. The molecule has 1 heterocycles. The Hall–Kier alpha value is -1.57. The molecule has 8 heteroatoms. The van der Waals surface area contributed by atoms with Gasteiger partial charge in [0.25, 0.3) is 5.56 Å². The number of hydrogen-bond donors (Lipinski definition) is 2. The highest BCUT2D eigenvalue weighted by Crippen LogP contribution is 2.14. The van der Waals surface area contributed by atoms with E-state index >= 15 is 0 Å². The summed E-state index contributed by atoms with van der Waals surface area (Å²) in [7, 11) is 1.30. The van der Waals surface area contributed by atoms with Gasteiger partial charge in [0.2, 0.25) is 0 Å². The lowest BCUT2D eigenvalue weighted by molar-refractivity contribution is -0.143. The Labute approximate surface area is 94.6 Å². The molecule has 1 unspecified atom stereocenters. The third-order valence-electron chi connectivity index (χ3n) is 1.75. The van der Waals surface area contributed by atoms with Crippen molar-refractivity contribution in [3.05, 3.63) is 20.8 Å². The number of rotatable bonds is 4. The Morgan fingerprint density at radius 3 is 2.81 bits per heavy atom. The van der Waals surface area contributed by atoms with Gasteiger partial charge < -0.3 is 4.74 Å². The van der Waals surface area contributed by atoms with E-state index in [0.29, 0.717) is 5.75 Å². The van der Waals surface area contributed by atoms with Crippen LogP contribution >= 0.6 is 11.8 Å². The number of nitrogens with zero attached hydrogens (tertiary/aromatic N) is 1. The van der Waals surface area contributed by atoms with Crippen molar-refractivity contribution >= 4 is 17.7 Å². The minimum absolute atomic E-state index is 0.121. The van der Waals surface area contributed by atoms with Crippen LogP contribution in [-0.2, 0) is 9.53 Å². The van der Waals surface area contributed by atoms with E-state index < -0.39 is 11.2 Å². The van der Waals surface area contributed by atoms with Crippen LogP contribution in [0.5, 0.6) is 0 Å². The molecule has 0 fully saturated rings. The molecule has 0 radical (unpaired) electrons. The number of ether oxygens (including phenoxy) is 1. The number of esters is 1. The first-order valence-electron chi connectivity index (χ1n) is 4.44. The lowest BCUT2D eigenvalue weighted by atomic mass is 10.2. The first kappa shape index (κ1) is 12.5. The van der Waals surface area contributed by atoms with Crippen molar-refractivity contribution in [1.82, 2.24) is 15.2 Å². The first-order valence-corrected chi connectivity index (χ1v) is 5.42. The number of carbonyl (C=O) groups is 1. The summed E-state index contributed by atoms with van der Waals surface area (Å²) in [6.45, 7) is 1.68. The average molecular weight is 245 g/mol. The Balaban J connectivity index is 2.65. The number of hydrogen-bond acceptors (Lipinski definition) is 6. The lowest BCUT2D eigenvalue weighted by Crippen LogP contribution is -2.25. The van der Waals surface area contributed by atoms with Gasteiger partial charge >= 0.3 is 11.7 Å². The number of nitrogens with one attached hydrogen (secondary N) is 2. The molecule has 0 saturated carbocycles. The van der Waals surface area contributed by atoms with Crippen LogP contribution in [0.15, 0.2) is 14.6 Å². The molecular formula is C8H11N3O4S. The molecule has 0 aliphatic rings. The summed E-state index contributed by atoms with van der Waals surface area (Å²) in [5.41, 5.74) is -1.22. The smallest absolute Gasteiger partial charge is 0.342 e. The van der Waals surface area contributed by atoms with Gasteiger partial charge in [-0.3, -0.25) is 14.6 Å². The fourth-order valence-corrected chi connectivity index (χ4v) is 1.74.